The second-order valence-electron chi connectivity index (χ2n) is 7.88. The van der Waals surface area contributed by atoms with Gasteiger partial charge in [0.05, 0.1) is 12.1 Å². The number of likely N-dealkylation sites (N-methyl/N-ethyl adjacent to an activating group) is 1. The SMILES string of the molecule is CC(NC(=NCC(=O)N(C)C)NCC(c1cccs1)N1CCCC1)c1ccccc1. The number of likely N-dealkylation sites (tertiary alicyclic amines) is 1. The van der Waals surface area contributed by atoms with Crippen molar-refractivity contribution in [3.8, 4) is 0 Å². The molecule has 1 fully saturated rings. The van der Waals surface area contributed by atoms with E-state index in [0.29, 0.717) is 12.0 Å². The molecule has 1 saturated heterocycles. The Balaban J connectivity index is 1.71. The number of aliphatic imine (C=N–C) groups is 1. The highest BCUT2D eigenvalue weighted by Gasteiger charge is 2.24. The third kappa shape index (κ3) is 6.31. The zero-order valence-corrected chi connectivity index (χ0v) is 19.0. The van der Waals surface area contributed by atoms with Crippen molar-refractivity contribution in [1.29, 1.82) is 0 Å². The molecular formula is C23H33N5OS. The van der Waals surface area contributed by atoms with Crippen molar-refractivity contribution in [2.75, 3.05) is 40.3 Å². The minimum Gasteiger partial charge on any atom is -0.354 e. The van der Waals surface area contributed by atoms with E-state index in [9.17, 15) is 4.79 Å². The lowest BCUT2D eigenvalue weighted by Gasteiger charge is -2.28. The topological polar surface area (TPSA) is 60.0 Å². The molecule has 1 aliphatic rings. The summed E-state index contributed by atoms with van der Waals surface area (Å²) >= 11 is 1.80. The molecule has 1 amide bonds. The molecule has 30 heavy (non-hydrogen) atoms. The van der Waals surface area contributed by atoms with Crippen LogP contribution in [0.4, 0.5) is 0 Å². The van der Waals surface area contributed by atoms with Crippen LogP contribution in [0, 0.1) is 0 Å². The molecular weight excluding hydrogens is 394 g/mol. The second kappa shape index (κ2) is 11.1. The Bertz CT molecular complexity index is 800. The summed E-state index contributed by atoms with van der Waals surface area (Å²) in [5, 5.41) is 9.12. The van der Waals surface area contributed by atoms with Crippen LogP contribution >= 0.6 is 11.3 Å². The minimum atomic E-state index is -0.0159. The molecule has 162 valence electrons. The number of carbonyl (C=O) groups excluding carboxylic acids is 1. The number of benzene rings is 1. The van der Waals surface area contributed by atoms with Gasteiger partial charge in [0.25, 0.3) is 0 Å². The van der Waals surface area contributed by atoms with Crippen LogP contribution in [-0.2, 0) is 4.79 Å². The summed E-state index contributed by atoms with van der Waals surface area (Å²) in [7, 11) is 3.51. The average Bonchev–Trinajstić information content (AvgIpc) is 3.47. The number of thiophene rings is 1. The molecule has 3 rings (SSSR count). The van der Waals surface area contributed by atoms with Gasteiger partial charge in [-0.1, -0.05) is 36.4 Å². The van der Waals surface area contributed by atoms with Crippen molar-refractivity contribution in [3.63, 3.8) is 0 Å². The molecule has 2 heterocycles. The summed E-state index contributed by atoms with van der Waals surface area (Å²) in [5.74, 6) is 0.653. The molecule has 0 saturated carbocycles. The summed E-state index contributed by atoms with van der Waals surface area (Å²) in [6.07, 6.45) is 2.51. The van der Waals surface area contributed by atoms with Crippen molar-refractivity contribution < 1.29 is 4.79 Å². The second-order valence-corrected chi connectivity index (χ2v) is 8.86. The van der Waals surface area contributed by atoms with Crippen molar-refractivity contribution in [1.82, 2.24) is 20.4 Å². The Kier molecular flexibility index (Phi) is 8.28. The number of nitrogens with zero attached hydrogens (tertiary/aromatic N) is 3. The zero-order valence-electron chi connectivity index (χ0n) is 18.2. The standard InChI is InChI=1S/C23H33N5OS/c1-18(19-10-5-4-6-11-19)26-23(25-17-22(29)27(2)3)24-16-20(21-12-9-15-30-21)28-13-7-8-14-28/h4-6,9-12,15,18,20H,7-8,13-14,16-17H2,1-3H3,(H2,24,25,26). The maximum Gasteiger partial charge on any atom is 0.243 e. The number of hydrogen-bond donors (Lipinski definition) is 2. The number of nitrogens with one attached hydrogen (secondary N) is 2. The van der Waals surface area contributed by atoms with Crippen molar-refractivity contribution in [2.24, 2.45) is 4.99 Å². The van der Waals surface area contributed by atoms with Gasteiger partial charge in [0, 0.05) is 25.5 Å². The lowest BCUT2D eigenvalue weighted by molar-refractivity contribution is -0.127. The van der Waals surface area contributed by atoms with Crippen LogP contribution in [0.1, 0.15) is 42.3 Å². The Labute approximate surface area is 184 Å². The summed E-state index contributed by atoms with van der Waals surface area (Å²) in [4.78, 5) is 22.2. The van der Waals surface area contributed by atoms with E-state index in [-0.39, 0.29) is 18.5 Å². The highest BCUT2D eigenvalue weighted by Crippen LogP contribution is 2.27. The van der Waals surface area contributed by atoms with E-state index in [1.54, 1.807) is 30.3 Å². The first-order valence-corrected chi connectivity index (χ1v) is 11.5. The Hall–Kier alpha value is -2.38. The van der Waals surface area contributed by atoms with Crippen LogP contribution in [0.25, 0.3) is 0 Å². The fourth-order valence-corrected chi connectivity index (χ4v) is 4.47. The molecule has 2 aromatic rings. The molecule has 1 aromatic heterocycles. The van der Waals surface area contributed by atoms with E-state index >= 15 is 0 Å². The number of guanidine groups is 1. The predicted molar refractivity (Wildman–Crippen MR) is 125 cm³/mol. The zero-order chi connectivity index (χ0) is 21.3. The summed E-state index contributed by atoms with van der Waals surface area (Å²) in [5.41, 5.74) is 1.18. The first-order chi connectivity index (χ1) is 14.5. The van der Waals surface area contributed by atoms with Crippen LogP contribution in [0.2, 0.25) is 0 Å². The molecule has 2 N–H and O–H groups in total. The number of hydrogen-bond acceptors (Lipinski definition) is 4. The molecule has 0 aliphatic carbocycles. The highest BCUT2D eigenvalue weighted by atomic mass is 32.1. The van der Waals surface area contributed by atoms with Gasteiger partial charge >= 0.3 is 0 Å². The smallest absolute Gasteiger partial charge is 0.243 e. The van der Waals surface area contributed by atoms with Gasteiger partial charge in [-0.3, -0.25) is 9.69 Å². The molecule has 7 heteroatoms. The molecule has 0 radical (unpaired) electrons. The predicted octanol–water partition coefficient (Wildman–Crippen LogP) is 3.27. The van der Waals surface area contributed by atoms with Gasteiger partial charge in [0.15, 0.2) is 5.96 Å². The summed E-state index contributed by atoms with van der Waals surface area (Å²) < 4.78 is 0. The third-order valence-electron chi connectivity index (χ3n) is 5.44. The Morgan fingerprint density at radius 1 is 1.17 bits per heavy atom. The highest BCUT2D eigenvalue weighted by molar-refractivity contribution is 7.10. The van der Waals surface area contributed by atoms with E-state index in [1.807, 2.05) is 18.2 Å². The van der Waals surface area contributed by atoms with Gasteiger partial charge in [-0.05, 0) is 49.9 Å². The molecule has 0 spiro atoms. The van der Waals surface area contributed by atoms with Gasteiger partial charge in [0.2, 0.25) is 5.91 Å². The van der Waals surface area contributed by atoms with Crippen LogP contribution in [-0.4, -0.2) is 61.9 Å². The van der Waals surface area contributed by atoms with Gasteiger partial charge in [-0.25, -0.2) is 4.99 Å². The van der Waals surface area contributed by atoms with E-state index < -0.39 is 0 Å². The monoisotopic (exact) mass is 427 g/mol. The summed E-state index contributed by atoms with van der Waals surface area (Å²) in [6, 6.07) is 15.0. The normalized spacial score (nSPS) is 16.8. The largest absolute Gasteiger partial charge is 0.354 e. The number of carbonyl (C=O) groups is 1. The number of amides is 1. The van der Waals surface area contributed by atoms with Crippen molar-refractivity contribution in [2.45, 2.75) is 31.8 Å². The fraction of sp³-hybridized carbons (Fsp3) is 0.478. The third-order valence-corrected chi connectivity index (χ3v) is 6.41. The quantitative estimate of drug-likeness (QED) is 0.501. The first-order valence-electron chi connectivity index (χ1n) is 10.6. The first kappa shape index (κ1) is 22.3. The lowest BCUT2D eigenvalue weighted by atomic mass is 10.1. The van der Waals surface area contributed by atoms with Crippen LogP contribution in [0.3, 0.4) is 0 Å². The maximum atomic E-state index is 12.1. The van der Waals surface area contributed by atoms with Crippen LogP contribution in [0.5, 0.6) is 0 Å². The Morgan fingerprint density at radius 3 is 2.53 bits per heavy atom. The fourth-order valence-electron chi connectivity index (χ4n) is 3.61. The average molecular weight is 428 g/mol. The van der Waals surface area contributed by atoms with Crippen LogP contribution < -0.4 is 10.6 Å². The molecule has 2 unspecified atom stereocenters. The van der Waals surface area contributed by atoms with Gasteiger partial charge in [0.1, 0.15) is 6.54 Å². The lowest BCUT2D eigenvalue weighted by Crippen LogP contribution is -2.44. The molecule has 1 aromatic carbocycles. The minimum absolute atomic E-state index is 0.0159. The van der Waals surface area contributed by atoms with Gasteiger partial charge in [-0.15, -0.1) is 11.3 Å². The van der Waals surface area contributed by atoms with E-state index in [1.165, 1.54) is 23.3 Å². The number of rotatable bonds is 8. The summed E-state index contributed by atoms with van der Waals surface area (Å²) in [6.45, 7) is 5.24. The van der Waals surface area contributed by atoms with Gasteiger partial charge in [-0.2, -0.15) is 0 Å². The molecule has 6 nitrogen and oxygen atoms in total. The molecule has 0 bridgehead atoms. The van der Waals surface area contributed by atoms with E-state index in [0.717, 1.165) is 19.6 Å². The van der Waals surface area contributed by atoms with E-state index in [4.69, 9.17) is 0 Å². The van der Waals surface area contributed by atoms with Crippen molar-refractivity contribution in [3.05, 3.63) is 58.3 Å². The van der Waals surface area contributed by atoms with Crippen molar-refractivity contribution >= 4 is 23.2 Å². The van der Waals surface area contributed by atoms with Crippen LogP contribution in [0.15, 0.2) is 52.8 Å². The molecule has 2 atom stereocenters. The maximum absolute atomic E-state index is 12.1. The van der Waals surface area contributed by atoms with Gasteiger partial charge < -0.3 is 15.5 Å². The molecule has 1 aliphatic heterocycles. The Morgan fingerprint density at radius 2 is 1.90 bits per heavy atom. The van der Waals surface area contributed by atoms with E-state index in [2.05, 4.69) is 57.1 Å².